The molecule has 0 atom stereocenters. The number of rotatable bonds is 4. The van der Waals surface area contributed by atoms with E-state index in [0.29, 0.717) is 41.3 Å². The van der Waals surface area contributed by atoms with Gasteiger partial charge in [0.15, 0.2) is 0 Å². The highest BCUT2D eigenvalue weighted by atomic mass is 35.5. The molecular weight excluding hydrogens is 368 g/mol. The van der Waals surface area contributed by atoms with Crippen LogP contribution in [-0.4, -0.2) is 41.3 Å². The Hall–Kier alpha value is -3.06. The standard InChI is InChI=1S/C19H17ClN4O3/c1-26-16-8-3-2-7-15(16)21-19(25)24-10-13(11-24)18-22-17(23-27-18)12-5-4-6-14(20)9-12/h2-9,13H,10-11H2,1H3,(H,21,25). The van der Waals surface area contributed by atoms with Crippen molar-refractivity contribution in [2.45, 2.75) is 5.92 Å². The van der Waals surface area contributed by atoms with Crippen LogP contribution < -0.4 is 10.1 Å². The summed E-state index contributed by atoms with van der Waals surface area (Å²) in [6.45, 7) is 1.02. The van der Waals surface area contributed by atoms with Crippen LogP contribution in [0.15, 0.2) is 53.1 Å². The molecule has 3 aromatic rings. The number of para-hydroxylation sites is 2. The summed E-state index contributed by atoms with van der Waals surface area (Å²) in [5, 5.41) is 7.48. The van der Waals surface area contributed by atoms with Gasteiger partial charge in [0.05, 0.1) is 18.7 Å². The third-order valence-corrected chi connectivity index (χ3v) is 4.63. The van der Waals surface area contributed by atoms with Gasteiger partial charge < -0.3 is 19.5 Å². The molecule has 0 aliphatic carbocycles. The molecular formula is C19H17ClN4O3. The van der Waals surface area contributed by atoms with Gasteiger partial charge in [0.2, 0.25) is 11.7 Å². The van der Waals surface area contributed by atoms with Gasteiger partial charge in [0.1, 0.15) is 5.75 Å². The highest BCUT2D eigenvalue weighted by Crippen LogP contribution is 2.30. The number of carbonyl (C=O) groups is 1. The van der Waals surface area contributed by atoms with Gasteiger partial charge in [-0.25, -0.2) is 4.79 Å². The number of carbonyl (C=O) groups excluding carboxylic acids is 1. The van der Waals surface area contributed by atoms with Crippen molar-refractivity contribution in [3.8, 4) is 17.1 Å². The number of anilines is 1. The first-order valence-corrected chi connectivity index (χ1v) is 8.80. The van der Waals surface area contributed by atoms with Crippen molar-refractivity contribution in [2.24, 2.45) is 0 Å². The lowest BCUT2D eigenvalue weighted by molar-refractivity contribution is 0.147. The van der Waals surface area contributed by atoms with E-state index in [1.165, 1.54) is 0 Å². The lowest BCUT2D eigenvalue weighted by Crippen LogP contribution is -2.50. The van der Waals surface area contributed by atoms with Crippen molar-refractivity contribution in [3.05, 3.63) is 59.4 Å². The maximum absolute atomic E-state index is 12.4. The Morgan fingerprint density at radius 2 is 2.07 bits per heavy atom. The monoisotopic (exact) mass is 384 g/mol. The molecule has 0 radical (unpaired) electrons. The molecule has 4 rings (SSSR count). The molecule has 8 heteroatoms. The van der Waals surface area contributed by atoms with E-state index in [0.717, 1.165) is 5.56 Å². The number of benzene rings is 2. The van der Waals surface area contributed by atoms with Crippen molar-refractivity contribution >= 4 is 23.3 Å². The first-order valence-electron chi connectivity index (χ1n) is 8.42. The number of ether oxygens (including phenoxy) is 1. The summed E-state index contributed by atoms with van der Waals surface area (Å²) < 4.78 is 10.6. The quantitative estimate of drug-likeness (QED) is 0.734. The fourth-order valence-corrected chi connectivity index (χ4v) is 3.08. The van der Waals surface area contributed by atoms with Gasteiger partial charge in [-0.05, 0) is 24.3 Å². The maximum atomic E-state index is 12.4. The molecule has 2 heterocycles. The fraction of sp³-hybridized carbons (Fsp3) is 0.211. The van der Waals surface area contributed by atoms with Gasteiger partial charge in [0.25, 0.3) is 0 Å². The SMILES string of the molecule is COc1ccccc1NC(=O)N1CC(c2nc(-c3cccc(Cl)c3)no2)C1. The lowest BCUT2D eigenvalue weighted by atomic mass is 10.0. The number of methoxy groups -OCH3 is 1. The summed E-state index contributed by atoms with van der Waals surface area (Å²) in [5.41, 5.74) is 1.43. The summed E-state index contributed by atoms with van der Waals surface area (Å²) in [4.78, 5) is 18.5. The van der Waals surface area contributed by atoms with Crippen molar-refractivity contribution in [1.29, 1.82) is 0 Å². The molecule has 0 saturated carbocycles. The van der Waals surface area contributed by atoms with Crippen LogP contribution in [0.3, 0.4) is 0 Å². The Balaban J connectivity index is 1.37. The number of amides is 2. The molecule has 7 nitrogen and oxygen atoms in total. The second kappa shape index (κ2) is 7.28. The number of nitrogens with one attached hydrogen (secondary N) is 1. The number of hydrogen-bond acceptors (Lipinski definition) is 5. The summed E-state index contributed by atoms with van der Waals surface area (Å²) in [7, 11) is 1.57. The highest BCUT2D eigenvalue weighted by molar-refractivity contribution is 6.30. The molecule has 1 aromatic heterocycles. The fourth-order valence-electron chi connectivity index (χ4n) is 2.89. The van der Waals surface area contributed by atoms with E-state index in [9.17, 15) is 4.79 Å². The number of aromatic nitrogens is 2. The smallest absolute Gasteiger partial charge is 0.321 e. The molecule has 1 saturated heterocycles. The molecule has 27 heavy (non-hydrogen) atoms. The van der Waals surface area contributed by atoms with E-state index in [2.05, 4.69) is 15.5 Å². The van der Waals surface area contributed by atoms with Crippen LogP contribution in [-0.2, 0) is 0 Å². The number of likely N-dealkylation sites (tertiary alicyclic amines) is 1. The summed E-state index contributed by atoms with van der Waals surface area (Å²) in [6, 6.07) is 14.4. The van der Waals surface area contributed by atoms with Crippen molar-refractivity contribution in [3.63, 3.8) is 0 Å². The Morgan fingerprint density at radius 1 is 1.26 bits per heavy atom. The highest BCUT2D eigenvalue weighted by Gasteiger charge is 2.36. The zero-order chi connectivity index (χ0) is 18.8. The molecule has 0 unspecified atom stereocenters. The molecule has 1 aliphatic heterocycles. The van der Waals surface area contributed by atoms with Crippen molar-refractivity contribution in [2.75, 3.05) is 25.5 Å². The molecule has 1 aliphatic rings. The predicted molar refractivity (Wildman–Crippen MR) is 101 cm³/mol. The summed E-state index contributed by atoms with van der Waals surface area (Å²) in [5.74, 6) is 1.65. The number of hydrogen-bond donors (Lipinski definition) is 1. The van der Waals surface area contributed by atoms with Gasteiger partial charge in [0, 0.05) is 23.7 Å². The van der Waals surface area contributed by atoms with Gasteiger partial charge in [-0.15, -0.1) is 0 Å². The number of urea groups is 1. The third kappa shape index (κ3) is 3.59. The van der Waals surface area contributed by atoms with E-state index in [1.807, 2.05) is 24.3 Å². The van der Waals surface area contributed by atoms with E-state index in [-0.39, 0.29) is 11.9 Å². The van der Waals surface area contributed by atoms with Crippen LogP contribution in [0.1, 0.15) is 11.8 Å². The minimum atomic E-state index is -0.190. The van der Waals surface area contributed by atoms with Crippen LogP contribution in [0, 0.1) is 0 Å². The lowest BCUT2D eigenvalue weighted by Gasteiger charge is -2.36. The Kier molecular flexibility index (Phi) is 4.68. The number of halogens is 1. The minimum Gasteiger partial charge on any atom is -0.495 e. The molecule has 0 spiro atoms. The van der Waals surface area contributed by atoms with E-state index in [1.54, 1.807) is 36.3 Å². The molecule has 2 aromatic carbocycles. The maximum Gasteiger partial charge on any atom is 0.321 e. The van der Waals surface area contributed by atoms with Crippen molar-refractivity contribution < 1.29 is 14.1 Å². The predicted octanol–water partition coefficient (Wildman–Crippen LogP) is 4.03. The zero-order valence-corrected chi connectivity index (χ0v) is 15.3. The van der Waals surface area contributed by atoms with Gasteiger partial charge in [-0.2, -0.15) is 4.98 Å². The summed E-state index contributed by atoms with van der Waals surface area (Å²) in [6.07, 6.45) is 0. The largest absolute Gasteiger partial charge is 0.495 e. The van der Waals surface area contributed by atoms with Crippen LogP contribution in [0.4, 0.5) is 10.5 Å². The number of nitrogens with zero attached hydrogens (tertiary/aromatic N) is 3. The molecule has 1 N–H and O–H groups in total. The molecule has 0 bridgehead atoms. The van der Waals surface area contributed by atoms with Crippen LogP contribution in [0.2, 0.25) is 5.02 Å². The Labute approximate surface area is 160 Å². The molecule has 2 amide bonds. The van der Waals surface area contributed by atoms with Gasteiger partial charge in [-0.1, -0.05) is 41.0 Å². The van der Waals surface area contributed by atoms with Gasteiger partial charge >= 0.3 is 6.03 Å². The van der Waals surface area contributed by atoms with E-state index >= 15 is 0 Å². The second-order valence-electron chi connectivity index (χ2n) is 6.20. The van der Waals surface area contributed by atoms with Crippen LogP contribution in [0.5, 0.6) is 5.75 Å². The molecule has 1 fully saturated rings. The van der Waals surface area contributed by atoms with Gasteiger partial charge in [-0.3, -0.25) is 0 Å². The van der Waals surface area contributed by atoms with Crippen molar-refractivity contribution in [1.82, 2.24) is 15.0 Å². The first-order chi connectivity index (χ1) is 13.1. The average molecular weight is 385 g/mol. The topological polar surface area (TPSA) is 80.5 Å². The second-order valence-corrected chi connectivity index (χ2v) is 6.64. The Bertz CT molecular complexity index is 969. The third-order valence-electron chi connectivity index (χ3n) is 4.39. The first kappa shape index (κ1) is 17.4. The normalized spacial score (nSPS) is 13.9. The summed E-state index contributed by atoms with van der Waals surface area (Å²) >= 11 is 6.00. The van der Waals surface area contributed by atoms with E-state index in [4.69, 9.17) is 20.9 Å². The zero-order valence-electron chi connectivity index (χ0n) is 14.6. The Morgan fingerprint density at radius 3 is 2.85 bits per heavy atom. The van der Waals surface area contributed by atoms with Crippen LogP contribution >= 0.6 is 11.6 Å². The molecule has 138 valence electrons. The minimum absolute atomic E-state index is 0.0221. The van der Waals surface area contributed by atoms with E-state index < -0.39 is 0 Å². The average Bonchev–Trinajstić information content (AvgIpc) is 3.10. The van der Waals surface area contributed by atoms with Crippen LogP contribution in [0.25, 0.3) is 11.4 Å².